The largest absolute Gasteiger partial charge is 0.841 e. The average Bonchev–Trinajstić information content (AvgIpc) is 3.24. The predicted octanol–water partition coefficient (Wildman–Crippen LogP) is 4.88. The Balaban J connectivity index is 1.68. The van der Waals surface area contributed by atoms with Crippen molar-refractivity contribution in [3.63, 3.8) is 0 Å². The third kappa shape index (κ3) is 3.99. The number of carbonyl (C=O) groups is 1. The van der Waals surface area contributed by atoms with Crippen LogP contribution in [0.2, 0.25) is 0 Å². The van der Waals surface area contributed by atoms with Crippen LogP contribution in [-0.4, -0.2) is 20.1 Å². The van der Waals surface area contributed by atoms with Gasteiger partial charge in [0.15, 0.2) is 6.04 Å². The zero-order valence-corrected chi connectivity index (χ0v) is 20.8. The molecule has 1 N–H and O–H groups in total. The number of halogens is 1. The molecule has 3 aromatic carbocycles. The fourth-order valence-electron chi connectivity index (χ4n) is 4.45. The second kappa shape index (κ2) is 9.47. The van der Waals surface area contributed by atoms with Gasteiger partial charge in [-0.2, -0.15) is 0 Å². The van der Waals surface area contributed by atoms with E-state index in [1.165, 1.54) is 30.6 Å². The van der Waals surface area contributed by atoms with Gasteiger partial charge in [-0.15, -0.1) is 0 Å². The number of thiazole rings is 1. The molecule has 0 fully saturated rings. The first-order chi connectivity index (χ1) is 17.4. The Morgan fingerprint density at radius 3 is 2.42 bits per heavy atom. The highest BCUT2D eigenvalue weighted by Crippen LogP contribution is 2.44. The first-order valence-electron chi connectivity index (χ1n) is 11.4. The first-order valence-corrected chi connectivity index (χ1v) is 12.2. The maximum atomic E-state index is 13.8. The van der Waals surface area contributed by atoms with E-state index in [9.17, 15) is 14.3 Å². The summed E-state index contributed by atoms with van der Waals surface area (Å²) in [6.07, 6.45) is 0. The molecule has 1 aliphatic rings. The molecule has 4 aromatic rings. The minimum absolute atomic E-state index is 0.211. The van der Waals surface area contributed by atoms with E-state index >= 15 is 0 Å². The molecule has 0 radical (unpaired) electrons. The summed E-state index contributed by atoms with van der Waals surface area (Å²) in [5, 5.41) is 17.5. The van der Waals surface area contributed by atoms with Crippen molar-refractivity contribution >= 4 is 28.1 Å². The highest BCUT2D eigenvalue weighted by atomic mass is 32.1. The summed E-state index contributed by atoms with van der Waals surface area (Å²) in [4.78, 5) is 16.2. The fraction of sp³-hybridized carbons (Fsp3) is 0.143. The van der Waals surface area contributed by atoms with E-state index in [0.29, 0.717) is 38.3 Å². The number of amides is 1. The van der Waals surface area contributed by atoms with Crippen LogP contribution < -0.4 is 24.6 Å². The van der Waals surface area contributed by atoms with Gasteiger partial charge in [0, 0.05) is 5.56 Å². The molecule has 1 amide bonds. The van der Waals surface area contributed by atoms with Crippen LogP contribution in [0.4, 0.5) is 15.2 Å². The highest BCUT2D eigenvalue weighted by Gasteiger charge is 2.43. The van der Waals surface area contributed by atoms with Crippen LogP contribution in [0.25, 0.3) is 10.4 Å². The summed E-state index contributed by atoms with van der Waals surface area (Å²) in [6, 6.07) is 21.7. The monoisotopic (exact) mass is 501 g/mol. The van der Waals surface area contributed by atoms with Crippen molar-refractivity contribution in [2.45, 2.75) is 13.0 Å². The summed E-state index contributed by atoms with van der Waals surface area (Å²) in [5.74, 6) is -0.456. The molecule has 182 valence electrons. The van der Waals surface area contributed by atoms with Crippen molar-refractivity contribution in [2.75, 3.05) is 24.4 Å². The number of methoxy groups -OCH3 is 1. The number of anilines is 2. The number of fused-ring (bicyclic) bond motifs is 1. The topological polar surface area (TPSA) is 68.5 Å². The van der Waals surface area contributed by atoms with Gasteiger partial charge in [-0.05, 0) is 48.1 Å². The highest BCUT2D eigenvalue weighted by molar-refractivity contribution is 7.18. The van der Waals surface area contributed by atoms with Crippen LogP contribution in [0.1, 0.15) is 18.5 Å². The van der Waals surface area contributed by atoms with E-state index < -0.39 is 11.9 Å². The molecule has 1 atom stereocenters. The number of hydrogen-bond acceptors (Lipinski definition) is 5. The number of nitrogens with one attached hydrogen (secondary N) is 1. The number of allylic oxidation sites excluding steroid dienone is 1. The van der Waals surface area contributed by atoms with Crippen LogP contribution in [0.15, 0.2) is 90.1 Å². The van der Waals surface area contributed by atoms with Crippen LogP contribution in [0.5, 0.6) is 11.6 Å². The quantitative estimate of drug-likeness (QED) is 0.396. The average molecular weight is 502 g/mol. The van der Waals surface area contributed by atoms with Crippen LogP contribution in [0, 0.1) is 5.82 Å². The van der Waals surface area contributed by atoms with Crippen LogP contribution in [0.3, 0.4) is 0 Å². The van der Waals surface area contributed by atoms with Gasteiger partial charge in [-0.3, -0.25) is 4.79 Å². The van der Waals surface area contributed by atoms with E-state index in [4.69, 9.17) is 4.74 Å². The first kappa shape index (κ1) is 23.6. The lowest BCUT2D eigenvalue weighted by atomic mass is 9.94. The smallest absolute Gasteiger partial charge is 0.341 e. The van der Waals surface area contributed by atoms with E-state index in [-0.39, 0.29) is 11.8 Å². The second-order valence-electron chi connectivity index (χ2n) is 8.42. The zero-order chi connectivity index (χ0) is 25.4. The Bertz CT molecular complexity index is 1470. The number of para-hydroxylation sites is 2. The number of benzene rings is 3. The Morgan fingerprint density at radius 1 is 1.06 bits per heavy atom. The normalized spacial score (nSPS) is 15.0. The minimum Gasteiger partial charge on any atom is -0.841 e. The predicted molar refractivity (Wildman–Crippen MR) is 137 cm³/mol. The van der Waals surface area contributed by atoms with Gasteiger partial charge in [-0.25, -0.2) is 13.9 Å². The molecular weight excluding hydrogens is 477 g/mol. The maximum absolute atomic E-state index is 13.8. The molecular formula is C28H24FN3O3S. The van der Waals surface area contributed by atoms with Gasteiger partial charge >= 0.3 is 5.13 Å². The van der Waals surface area contributed by atoms with Crippen molar-refractivity contribution < 1.29 is 23.6 Å². The number of carbonyl (C=O) groups excluding carboxylic acids is 1. The van der Waals surface area contributed by atoms with E-state index in [1.54, 1.807) is 34.9 Å². The Labute approximate surface area is 212 Å². The van der Waals surface area contributed by atoms with Gasteiger partial charge < -0.3 is 15.2 Å². The van der Waals surface area contributed by atoms with Crippen molar-refractivity contribution in [2.24, 2.45) is 0 Å². The number of nitrogens with zero attached hydrogens (tertiary/aromatic N) is 2. The minimum atomic E-state index is -0.743. The van der Waals surface area contributed by atoms with Gasteiger partial charge in [0.25, 0.3) is 5.91 Å². The van der Waals surface area contributed by atoms with Gasteiger partial charge in [0.2, 0.25) is 0 Å². The number of aromatic nitrogens is 1. The Hall–Kier alpha value is -4.17. The summed E-state index contributed by atoms with van der Waals surface area (Å²) < 4.78 is 20.9. The molecule has 1 aliphatic heterocycles. The summed E-state index contributed by atoms with van der Waals surface area (Å²) in [5.41, 5.74) is 3.03. The second-order valence-corrected chi connectivity index (χ2v) is 9.40. The summed E-state index contributed by atoms with van der Waals surface area (Å²) in [7, 11) is 3.37. The molecule has 0 saturated heterocycles. The third-order valence-corrected chi connectivity index (χ3v) is 7.61. The Morgan fingerprint density at radius 2 is 1.72 bits per heavy atom. The van der Waals surface area contributed by atoms with E-state index in [0.717, 1.165) is 5.56 Å². The summed E-state index contributed by atoms with van der Waals surface area (Å²) >= 11 is 1.37. The lowest BCUT2D eigenvalue weighted by Gasteiger charge is -2.30. The van der Waals surface area contributed by atoms with Crippen molar-refractivity contribution in [1.29, 1.82) is 0 Å². The standard InChI is InChI=1S/C28H24FN3O3S/c1-17-23(26(33)30-21-11-7-8-12-22(21)35-3)24(18-13-15-20(29)16-14-18)32-27(34)25(36-28(32)31(17)2)19-9-5-4-6-10-19/h4-16,24H,1-3H3,(H-,30,33,34). The van der Waals surface area contributed by atoms with Crippen LogP contribution >= 0.6 is 11.3 Å². The molecule has 0 aliphatic carbocycles. The third-order valence-electron chi connectivity index (χ3n) is 6.35. The number of rotatable bonds is 5. The molecule has 0 saturated carbocycles. The molecule has 1 aromatic heterocycles. The molecule has 2 heterocycles. The lowest BCUT2D eigenvalue weighted by Crippen LogP contribution is -2.52. The lowest BCUT2D eigenvalue weighted by molar-refractivity contribution is -0.728. The van der Waals surface area contributed by atoms with Gasteiger partial charge in [-0.1, -0.05) is 54.6 Å². The zero-order valence-electron chi connectivity index (χ0n) is 20.0. The van der Waals surface area contributed by atoms with Gasteiger partial charge in [0.1, 0.15) is 22.8 Å². The van der Waals surface area contributed by atoms with Gasteiger partial charge in [0.05, 0.1) is 30.6 Å². The fourth-order valence-corrected chi connectivity index (χ4v) is 5.63. The molecule has 8 heteroatoms. The van der Waals surface area contributed by atoms with E-state index in [1.807, 2.05) is 55.3 Å². The van der Waals surface area contributed by atoms with Crippen LogP contribution in [-0.2, 0) is 4.79 Å². The number of ether oxygens (including phenoxy) is 1. The number of hydrogen-bond donors (Lipinski definition) is 1. The van der Waals surface area contributed by atoms with Crippen molar-refractivity contribution in [3.8, 4) is 22.1 Å². The molecule has 6 nitrogen and oxygen atoms in total. The van der Waals surface area contributed by atoms with Crippen molar-refractivity contribution in [1.82, 2.24) is 0 Å². The maximum Gasteiger partial charge on any atom is 0.341 e. The molecule has 0 spiro atoms. The molecule has 5 rings (SSSR count). The Kier molecular flexibility index (Phi) is 6.20. The van der Waals surface area contributed by atoms with Crippen molar-refractivity contribution in [3.05, 3.63) is 102 Å². The SMILES string of the molecule is COc1ccccc1NC(=O)C1=C(C)N(C)c2sc(-c3ccccc3)c([O-])[n+]2C1c1ccc(F)cc1. The van der Waals surface area contributed by atoms with E-state index in [2.05, 4.69) is 5.32 Å². The molecule has 0 bridgehead atoms. The summed E-state index contributed by atoms with van der Waals surface area (Å²) in [6.45, 7) is 1.85. The molecule has 1 unspecified atom stereocenters. The molecule has 36 heavy (non-hydrogen) atoms.